The topological polar surface area (TPSA) is 144 Å². The Morgan fingerprint density at radius 3 is 1.57 bits per heavy atom. The van der Waals surface area contributed by atoms with Crippen LogP contribution < -0.4 is 0 Å². The predicted molar refractivity (Wildman–Crippen MR) is 149 cm³/mol. The summed E-state index contributed by atoms with van der Waals surface area (Å²) in [5, 5.41) is 11.4. The molecule has 1 heterocycles. The second-order valence-electron chi connectivity index (χ2n) is 9.30. The van der Waals surface area contributed by atoms with Gasteiger partial charge < -0.3 is 33.1 Å². The van der Waals surface area contributed by atoms with E-state index >= 15 is 0 Å². The maximum Gasteiger partial charge on any atom is 0.338 e. The molecule has 1 aliphatic rings. The third kappa shape index (κ3) is 7.70. The van der Waals surface area contributed by atoms with Gasteiger partial charge in [0, 0.05) is 14.2 Å². The van der Waals surface area contributed by atoms with Gasteiger partial charge in [0.15, 0.2) is 12.2 Å². The van der Waals surface area contributed by atoms with E-state index in [1.807, 2.05) is 0 Å². The highest BCUT2D eigenvalue weighted by atomic mass is 31.2. The minimum atomic E-state index is -3.80. The van der Waals surface area contributed by atoms with E-state index in [1.165, 1.54) is 38.5 Å². The second kappa shape index (κ2) is 14.4. The Morgan fingerprint density at radius 2 is 1.12 bits per heavy atom. The van der Waals surface area contributed by atoms with E-state index in [0.29, 0.717) is 0 Å². The van der Waals surface area contributed by atoms with Crippen molar-refractivity contribution in [3.8, 4) is 0 Å². The summed E-state index contributed by atoms with van der Waals surface area (Å²) in [5.41, 5.74) is 0.621. The molecule has 3 aromatic rings. The number of benzene rings is 3. The molecule has 1 saturated heterocycles. The molecule has 12 heteroatoms. The van der Waals surface area contributed by atoms with Gasteiger partial charge in [0.05, 0.1) is 22.9 Å². The van der Waals surface area contributed by atoms with Crippen LogP contribution in [0, 0.1) is 0 Å². The highest BCUT2D eigenvalue weighted by molar-refractivity contribution is 7.53. The van der Waals surface area contributed by atoms with E-state index in [9.17, 15) is 24.1 Å². The summed E-state index contributed by atoms with van der Waals surface area (Å²) in [6.45, 7) is -0.464. The lowest BCUT2D eigenvalue weighted by atomic mass is 9.95. The summed E-state index contributed by atoms with van der Waals surface area (Å²) in [6.07, 6.45) is -7.60. The first-order valence-corrected chi connectivity index (χ1v) is 14.8. The lowest BCUT2D eigenvalue weighted by Gasteiger charge is -2.43. The predicted octanol–water partition coefficient (Wildman–Crippen LogP) is 3.91. The molecule has 0 bridgehead atoms. The molecule has 0 saturated carbocycles. The zero-order chi connectivity index (χ0) is 30.1. The average molecular weight is 599 g/mol. The van der Waals surface area contributed by atoms with Crippen LogP contribution in [0.2, 0.25) is 0 Å². The summed E-state index contributed by atoms with van der Waals surface area (Å²) < 4.78 is 46.2. The number of carbonyl (C=O) groups is 3. The molecular weight excluding hydrogens is 567 g/mol. The summed E-state index contributed by atoms with van der Waals surface area (Å²) in [6, 6.07) is 24.2. The Hall–Kier alpha value is -3.86. The molecule has 0 amide bonds. The normalized spacial score (nSPS) is 22.1. The number of ether oxygens (including phenoxy) is 4. The molecule has 5 atom stereocenters. The van der Waals surface area contributed by atoms with Gasteiger partial charge in [-0.3, -0.25) is 4.57 Å². The van der Waals surface area contributed by atoms with E-state index < -0.39 is 68.8 Å². The van der Waals surface area contributed by atoms with Gasteiger partial charge in [-0.15, -0.1) is 0 Å². The molecule has 11 nitrogen and oxygen atoms in total. The van der Waals surface area contributed by atoms with Gasteiger partial charge in [-0.05, 0) is 36.4 Å². The van der Waals surface area contributed by atoms with Crippen LogP contribution in [0.4, 0.5) is 0 Å². The number of aliphatic hydroxyl groups is 1. The molecule has 0 spiro atoms. The molecule has 0 aromatic heterocycles. The number of hydrogen-bond acceptors (Lipinski definition) is 11. The van der Waals surface area contributed by atoms with E-state index in [2.05, 4.69) is 0 Å². The van der Waals surface area contributed by atoms with Crippen LogP contribution in [-0.2, 0) is 32.6 Å². The Kier molecular flexibility index (Phi) is 10.6. The molecule has 42 heavy (non-hydrogen) atoms. The molecule has 0 radical (unpaired) electrons. The van der Waals surface area contributed by atoms with Gasteiger partial charge in [0.1, 0.15) is 24.9 Å². The van der Waals surface area contributed by atoms with Crippen molar-refractivity contribution in [1.82, 2.24) is 0 Å². The van der Waals surface area contributed by atoms with Crippen LogP contribution >= 0.6 is 7.60 Å². The maximum absolute atomic E-state index is 13.2. The van der Waals surface area contributed by atoms with Crippen LogP contribution in [0.3, 0.4) is 0 Å². The maximum atomic E-state index is 13.2. The largest absolute Gasteiger partial charge is 0.459 e. The van der Waals surface area contributed by atoms with Crippen molar-refractivity contribution in [2.45, 2.75) is 30.5 Å². The first-order chi connectivity index (χ1) is 20.2. The summed E-state index contributed by atoms with van der Waals surface area (Å²) in [7, 11) is -1.44. The molecule has 4 rings (SSSR count). The van der Waals surface area contributed by atoms with E-state index in [-0.39, 0.29) is 16.7 Å². The van der Waals surface area contributed by atoms with Crippen molar-refractivity contribution in [2.24, 2.45) is 0 Å². The van der Waals surface area contributed by atoms with Crippen molar-refractivity contribution in [3.63, 3.8) is 0 Å². The standard InChI is InChI=1S/C30H31O11P/c1-36-42(35,37-2)19-24-26(40-29(33)21-14-8-4-9-15-21)27(41-30(34)22-16-10-5-11-17-22)25(31)23(39-24)18-38-28(32)20-12-6-3-7-13-20/h3-17,23-27,31H,18-19H2,1-2H3/t23-,24-,25-,26-,27+/m1/s1. The number of aliphatic hydroxyl groups excluding tert-OH is 1. The highest BCUT2D eigenvalue weighted by Crippen LogP contribution is 2.49. The van der Waals surface area contributed by atoms with Gasteiger partial charge >= 0.3 is 25.5 Å². The number of hydrogen-bond donors (Lipinski definition) is 1. The third-order valence-electron chi connectivity index (χ3n) is 6.61. The van der Waals surface area contributed by atoms with Crippen molar-refractivity contribution in [2.75, 3.05) is 27.0 Å². The van der Waals surface area contributed by atoms with E-state index in [1.54, 1.807) is 66.7 Å². The van der Waals surface area contributed by atoms with Crippen LogP contribution in [0.1, 0.15) is 31.1 Å². The van der Waals surface area contributed by atoms with Crippen molar-refractivity contribution in [1.29, 1.82) is 0 Å². The third-order valence-corrected chi connectivity index (χ3v) is 8.53. The average Bonchev–Trinajstić information content (AvgIpc) is 3.04. The smallest absolute Gasteiger partial charge is 0.338 e. The Labute approximate surface area is 242 Å². The molecule has 0 unspecified atom stereocenters. The summed E-state index contributed by atoms with van der Waals surface area (Å²) in [4.78, 5) is 38.9. The lowest BCUT2D eigenvalue weighted by molar-refractivity contribution is -0.224. The number of carbonyl (C=O) groups excluding carboxylic acids is 3. The number of rotatable bonds is 11. The van der Waals surface area contributed by atoms with Crippen molar-refractivity contribution < 1.29 is 52.1 Å². The van der Waals surface area contributed by atoms with E-state index in [0.717, 1.165) is 0 Å². The van der Waals surface area contributed by atoms with Crippen molar-refractivity contribution in [3.05, 3.63) is 108 Å². The SMILES string of the molecule is COP(=O)(C[C@H]1O[C@H](COC(=O)c2ccccc2)[C@@H](O)[C@H](OC(=O)c2ccccc2)[C@@H]1OC(=O)c1ccccc1)OC. The molecule has 1 fully saturated rings. The zero-order valence-electron chi connectivity index (χ0n) is 22.9. The first-order valence-electron chi connectivity index (χ1n) is 13.0. The highest BCUT2D eigenvalue weighted by Gasteiger charge is 2.52. The van der Waals surface area contributed by atoms with Crippen molar-refractivity contribution >= 4 is 25.5 Å². The Morgan fingerprint density at radius 1 is 0.690 bits per heavy atom. The molecular formula is C30H31O11P. The van der Waals surface area contributed by atoms with Gasteiger partial charge in [0.2, 0.25) is 0 Å². The van der Waals surface area contributed by atoms with Gasteiger partial charge in [-0.2, -0.15) is 0 Å². The van der Waals surface area contributed by atoms with Crippen LogP contribution in [0.15, 0.2) is 91.0 Å². The number of esters is 3. The van der Waals surface area contributed by atoms with Crippen LogP contribution in [0.5, 0.6) is 0 Å². The zero-order valence-corrected chi connectivity index (χ0v) is 23.8. The Bertz CT molecular complexity index is 1380. The van der Waals surface area contributed by atoms with Gasteiger partial charge in [-0.1, -0.05) is 54.6 Å². The fourth-order valence-corrected chi connectivity index (χ4v) is 5.54. The van der Waals surface area contributed by atoms with Gasteiger partial charge in [-0.25, -0.2) is 14.4 Å². The van der Waals surface area contributed by atoms with Crippen LogP contribution in [-0.4, -0.2) is 80.5 Å². The fraction of sp³-hybridized carbons (Fsp3) is 0.300. The summed E-state index contributed by atoms with van der Waals surface area (Å²) >= 11 is 0. The first kappa shape index (κ1) is 31.1. The minimum Gasteiger partial charge on any atom is -0.459 e. The lowest BCUT2D eigenvalue weighted by Crippen LogP contribution is -2.62. The molecule has 1 N–H and O–H groups in total. The molecule has 3 aromatic carbocycles. The minimum absolute atomic E-state index is 0.174. The van der Waals surface area contributed by atoms with Gasteiger partial charge in [0.25, 0.3) is 0 Å². The molecule has 0 aliphatic carbocycles. The monoisotopic (exact) mass is 598 g/mol. The quantitative estimate of drug-likeness (QED) is 0.195. The fourth-order valence-electron chi connectivity index (χ4n) is 4.36. The van der Waals surface area contributed by atoms with E-state index in [4.69, 9.17) is 28.0 Å². The second-order valence-corrected chi connectivity index (χ2v) is 11.6. The van der Waals surface area contributed by atoms with Crippen LogP contribution in [0.25, 0.3) is 0 Å². The molecule has 222 valence electrons. The molecule has 1 aliphatic heterocycles. The Balaban J connectivity index is 1.66. The summed E-state index contributed by atoms with van der Waals surface area (Å²) in [5.74, 6) is -2.30.